The van der Waals surface area contributed by atoms with Crippen LogP contribution >= 0.6 is 0 Å². The Bertz CT molecular complexity index is 680. The zero-order chi connectivity index (χ0) is 17.0. The number of fused-ring (bicyclic) bond motifs is 1. The largest absolute Gasteiger partial charge is 0.336 e. The number of aromatic nitrogens is 2. The van der Waals surface area contributed by atoms with Crippen LogP contribution in [0.5, 0.6) is 0 Å². The monoisotopic (exact) mass is 327 g/mol. The van der Waals surface area contributed by atoms with Crippen molar-refractivity contribution < 1.29 is 4.79 Å². The minimum atomic E-state index is -0.157. The van der Waals surface area contributed by atoms with E-state index in [1.807, 2.05) is 6.07 Å². The van der Waals surface area contributed by atoms with E-state index in [4.69, 9.17) is 0 Å². The summed E-state index contributed by atoms with van der Waals surface area (Å²) in [5, 5.41) is 12.5. The van der Waals surface area contributed by atoms with Gasteiger partial charge >= 0.3 is 6.03 Å². The number of urea groups is 1. The molecule has 2 amide bonds. The Morgan fingerprint density at radius 2 is 2.04 bits per heavy atom. The van der Waals surface area contributed by atoms with E-state index in [1.54, 1.807) is 6.20 Å². The molecule has 6 heteroatoms. The normalized spacial score (nSPS) is 14.9. The molecule has 0 saturated carbocycles. The molecule has 2 heterocycles. The van der Waals surface area contributed by atoms with Gasteiger partial charge in [-0.05, 0) is 37.5 Å². The fourth-order valence-electron chi connectivity index (χ4n) is 3.04. The van der Waals surface area contributed by atoms with Crippen molar-refractivity contribution in [3.63, 3.8) is 0 Å². The van der Waals surface area contributed by atoms with Crippen LogP contribution in [0.25, 0.3) is 0 Å². The summed E-state index contributed by atoms with van der Waals surface area (Å²) in [5.41, 5.74) is 3.62. The van der Waals surface area contributed by atoms with Crippen molar-refractivity contribution in [2.24, 2.45) is 0 Å². The van der Waals surface area contributed by atoms with Crippen LogP contribution in [0, 0.1) is 0 Å². The van der Waals surface area contributed by atoms with Crippen molar-refractivity contribution in [2.75, 3.05) is 13.1 Å². The highest BCUT2D eigenvalue weighted by Crippen LogP contribution is 2.24. The van der Waals surface area contributed by atoms with E-state index < -0.39 is 0 Å². The highest BCUT2D eigenvalue weighted by Gasteiger charge is 2.29. The van der Waals surface area contributed by atoms with Crippen molar-refractivity contribution in [3.8, 4) is 0 Å². The number of aromatic amines is 1. The van der Waals surface area contributed by atoms with Gasteiger partial charge in [0.1, 0.15) is 0 Å². The molecule has 1 aromatic carbocycles. The number of nitrogens with zero attached hydrogens (tertiary/aromatic N) is 2. The van der Waals surface area contributed by atoms with Gasteiger partial charge in [0.2, 0.25) is 0 Å². The van der Waals surface area contributed by atoms with Crippen molar-refractivity contribution in [3.05, 3.63) is 53.3 Å². The Morgan fingerprint density at radius 1 is 1.25 bits per heavy atom. The summed E-state index contributed by atoms with van der Waals surface area (Å²) in [6, 6.07) is 10.3. The van der Waals surface area contributed by atoms with Gasteiger partial charge < -0.3 is 10.6 Å². The van der Waals surface area contributed by atoms with Gasteiger partial charge in [0.05, 0.1) is 12.2 Å². The maximum atomic E-state index is 12.0. The van der Waals surface area contributed by atoms with E-state index in [0.717, 1.165) is 25.2 Å². The summed E-state index contributed by atoms with van der Waals surface area (Å²) in [7, 11) is 0. The lowest BCUT2D eigenvalue weighted by Gasteiger charge is -2.41. The molecule has 0 bridgehead atoms. The van der Waals surface area contributed by atoms with Crippen LogP contribution in [0.15, 0.2) is 36.5 Å². The first-order valence-electron chi connectivity index (χ1n) is 8.36. The molecule has 0 saturated heterocycles. The first kappa shape index (κ1) is 16.5. The molecule has 1 aliphatic rings. The third kappa shape index (κ3) is 3.94. The zero-order valence-corrected chi connectivity index (χ0v) is 14.3. The smallest absolute Gasteiger partial charge is 0.315 e. The third-order valence-electron chi connectivity index (χ3n) is 4.67. The van der Waals surface area contributed by atoms with Gasteiger partial charge in [0, 0.05) is 31.4 Å². The molecule has 0 radical (unpaired) electrons. The Balaban J connectivity index is 1.50. The molecule has 6 nitrogen and oxygen atoms in total. The van der Waals surface area contributed by atoms with E-state index in [1.165, 1.54) is 11.1 Å². The molecule has 2 aromatic rings. The SMILES string of the molecule is CC(C)(CNC(=O)NCc1ccn[nH]1)N1CCc2ccccc2C1. The number of rotatable bonds is 5. The van der Waals surface area contributed by atoms with Gasteiger partial charge in [0.15, 0.2) is 0 Å². The highest BCUT2D eigenvalue weighted by molar-refractivity contribution is 5.73. The quantitative estimate of drug-likeness (QED) is 0.787. The molecule has 0 atom stereocenters. The second kappa shape index (κ2) is 7.05. The Morgan fingerprint density at radius 3 is 2.79 bits per heavy atom. The molecule has 0 unspecified atom stereocenters. The summed E-state index contributed by atoms with van der Waals surface area (Å²) in [6.07, 6.45) is 2.73. The number of nitrogens with one attached hydrogen (secondary N) is 3. The van der Waals surface area contributed by atoms with Gasteiger partial charge in [-0.1, -0.05) is 24.3 Å². The standard InChI is InChI=1S/C18H25N5O/c1-18(2,13-20-17(24)19-11-16-7-9-21-22-16)23-10-8-14-5-3-4-6-15(14)12-23/h3-7,9H,8,10-13H2,1-2H3,(H,21,22)(H2,19,20,24). The predicted octanol–water partition coefficient (Wildman–Crippen LogP) is 2.05. The lowest BCUT2D eigenvalue weighted by atomic mass is 9.94. The molecular formula is C18H25N5O. The minimum Gasteiger partial charge on any atom is -0.336 e. The molecule has 3 rings (SSSR count). The number of hydrogen-bond acceptors (Lipinski definition) is 3. The van der Waals surface area contributed by atoms with Gasteiger partial charge in [-0.15, -0.1) is 0 Å². The molecule has 0 aliphatic carbocycles. The highest BCUT2D eigenvalue weighted by atomic mass is 16.2. The van der Waals surface area contributed by atoms with E-state index in [-0.39, 0.29) is 11.6 Å². The molecule has 128 valence electrons. The zero-order valence-electron chi connectivity index (χ0n) is 14.3. The molecule has 3 N–H and O–H groups in total. The molecule has 0 fully saturated rings. The predicted molar refractivity (Wildman–Crippen MR) is 93.5 cm³/mol. The Kier molecular flexibility index (Phi) is 4.85. The van der Waals surface area contributed by atoms with Crippen LogP contribution in [-0.2, 0) is 19.5 Å². The second-order valence-corrected chi connectivity index (χ2v) is 6.87. The van der Waals surface area contributed by atoms with E-state index in [2.05, 4.69) is 63.8 Å². The van der Waals surface area contributed by atoms with Crippen molar-refractivity contribution in [1.82, 2.24) is 25.7 Å². The number of hydrogen-bond donors (Lipinski definition) is 3. The topological polar surface area (TPSA) is 73.0 Å². The molecule has 0 spiro atoms. The summed E-state index contributed by atoms with van der Waals surface area (Å²) in [4.78, 5) is 14.4. The van der Waals surface area contributed by atoms with E-state index in [0.29, 0.717) is 13.1 Å². The van der Waals surface area contributed by atoms with E-state index >= 15 is 0 Å². The van der Waals surface area contributed by atoms with Crippen molar-refractivity contribution in [1.29, 1.82) is 0 Å². The first-order valence-corrected chi connectivity index (χ1v) is 8.36. The molecular weight excluding hydrogens is 302 g/mol. The average Bonchev–Trinajstić information content (AvgIpc) is 3.11. The summed E-state index contributed by atoms with van der Waals surface area (Å²) in [5.74, 6) is 0. The number of carbonyl (C=O) groups excluding carboxylic acids is 1. The number of benzene rings is 1. The van der Waals surface area contributed by atoms with Crippen LogP contribution in [-0.4, -0.2) is 39.8 Å². The Hall–Kier alpha value is -2.34. The second-order valence-electron chi connectivity index (χ2n) is 6.87. The number of carbonyl (C=O) groups is 1. The van der Waals surface area contributed by atoms with Crippen LogP contribution < -0.4 is 10.6 Å². The molecule has 1 aromatic heterocycles. The maximum Gasteiger partial charge on any atom is 0.315 e. The van der Waals surface area contributed by atoms with Gasteiger partial charge in [-0.3, -0.25) is 10.00 Å². The summed E-state index contributed by atoms with van der Waals surface area (Å²) >= 11 is 0. The lowest BCUT2D eigenvalue weighted by Crippen LogP contribution is -2.54. The number of H-pyrrole nitrogens is 1. The molecule has 24 heavy (non-hydrogen) atoms. The fourth-order valence-corrected chi connectivity index (χ4v) is 3.04. The van der Waals surface area contributed by atoms with Gasteiger partial charge in [0.25, 0.3) is 0 Å². The first-order chi connectivity index (χ1) is 11.5. The Labute approximate surface area is 142 Å². The third-order valence-corrected chi connectivity index (χ3v) is 4.67. The summed E-state index contributed by atoms with van der Waals surface area (Å²) < 4.78 is 0. The molecule has 1 aliphatic heterocycles. The lowest BCUT2D eigenvalue weighted by molar-refractivity contribution is 0.104. The van der Waals surface area contributed by atoms with Gasteiger partial charge in [-0.25, -0.2) is 4.79 Å². The summed E-state index contributed by atoms with van der Waals surface area (Å²) in [6.45, 7) is 7.35. The van der Waals surface area contributed by atoms with Crippen LogP contribution in [0.1, 0.15) is 30.7 Å². The number of amides is 2. The van der Waals surface area contributed by atoms with Gasteiger partial charge in [-0.2, -0.15) is 5.10 Å². The van der Waals surface area contributed by atoms with Crippen molar-refractivity contribution >= 4 is 6.03 Å². The average molecular weight is 327 g/mol. The maximum absolute atomic E-state index is 12.0. The fraction of sp³-hybridized carbons (Fsp3) is 0.444. The van der Waals surface area contributed by atoms with Crippen LogP contribution in [0.2, 0.25) is 0 Å². The van der Waals surface area contributed by atoms with Crippen molar-refractivity contribution in [2.45, 2.75) is 38.9 Å². The van der Waals surface area contributed by atoms with Crippen LogP contribution in [0.4, 0.5) is 4.79 Å². The van der Waals surface area contributed by atoms with Crippen LogP contribution in [0.3, 0.4) is 0 Å². The minimum absolute atomic E-state index is 0.0984. The van der Waals surface area contributed by atoms with E-state index in [9.17, 15) is 4.79 Å².